The Kier molecular flexibility index (Phi) is 4.69. The van der Waals surface area contributed by atoms with Gasteiger partial charge in [-0.25, -0.2) is 9.67 Å². The molecule has 134 valence electrons. The molecule has 8 nitrogen and oxygen atoms in total. The predicted octanol–water partition coefficient (Wildman–Crippen LogP) is 2.31. The Hall–Kier alpha value is -3.81. The van der Waals surface area contributed by atoms with E-state index in [1.165, 1.54) is 6.33 Å². The van der Waals surface area contributed by atoms with Gasteiger partial charge in [0, 0.05) is 30.6 Å². The summed E-state index contributed by atoms with van der Waals surface area (Å²) >= 11 is 0. The molecule has 27 heavy (non-hydrogen) atoms. The second kappa shape index (κ2) is 7.61. The summed E-state index contributed by atoms with van der Waals surface area (Å²) in [6.07, 6.45) is 6.48. The van der Waals surface area contributed by atoms with Crippen molar-refractivity contribution in [1.29, 1.82) is 0 Å². The minimum Gasteiger partial charge on any atom is -0.355 e. The third kappa shape index (κ3) is 3.90. The van der Waals surface area contributed by atoms with E-state index in [-0.39, 0.29) is 11.6 Å². The summed E-state index contributed by atoms with van der Waals surface area (Å²) in [4.78, 5) is 20.4. The molecule has 3 aromatic heterocycles. The molecule has 0 fully saturated rings. The number of carbonyl (C=O) groups is 1. The summed E-state index contributed by atoms with van der Waals surface area (Å²) in [5.41, 5.74) is 3.04. The van der Waals surface area contributed by atoms with E-state index in [1.54, 1.807) is 35.5 Å². The summed E-state index contributed by atoms with van der Waals surface area (Å²) in [5, 5.41) is 10.8. The number of hydrogen-bond acceptors (Lipinski definition) is 6. The van der Waals surface area contributed by atoms with Crippen LogP contribution >= 0.6 is 0 Å². The van der Waals surface area contributed by atoms with E-state index in [4.69, 9.17) is 4.52 Å². The molecule has 0 bridgehead atoms. The summed E-state index contributed by atoms with van der Waals surface area (Å²) in [6.45, 7) is 0.958. The fourth-order valence-corrected chi connectivity index (χ4v) is 2.67. The van der Waals surface area contributed by atoms with Gasteiger partial charge in [0.2, 0.25) is 0 Å². The second-order valence-electron chi connectivity index (χ2n) is 5.86. The first-order valence-electron chi connectivity index (χ1n) is 8.34. The maximum atomic E-state index is 12.4. The summed E-state index contributed by atoms with van der Waals surface area (Å²) < 4.78 is 6.98. The van der Waals surface area contributed by atoms with Crippen LogP contribution < -0.4 is 5.32 Å². The number of benzene rings is 1. The van der Waals surface area contributed by atoms with Crippen molar-refractivity contribution in [2.75, 3.05) is 0 Å². The maximum absolute atomic E-state index is 12.4. The van der Waals surface area contributed by atoms with Crippen LogP contribution in [0.3, 0.4) is 0 Å². The predicted molar refractivity (Wildman–Crippen MR) is 96.5 cm³/mol. The van der Waals surface area contributed by atoms with E-state index >= 15 is 0 Å². The van der Waals surface area contributed by atoms with Gasteiger partial charge in [-0.15, -0.1) is 0 Å². The largest absolute Gasteiger partial charge is 0.355 e. The lowest BCUT2D eigenvalue weighted by Gasteiger charge is -2.10. The number of hydrogen-bond donors (Lipinski definition) is 1. The average molecular weight is 360 g/mol. The molecule has 0 spiro atoms. The standard InChI is InChI=1S/C19H16N6O2/c26-19(17-8-18(27-24-17)15-6-3-7-20-9-15)22-10-14-4-1-2-5-16(14)11-25-13-21-12-23-25/h1-9,12-13H,10-11H2,(H,22,26). The Bertz CT molecular complexity index is 1030. The molecular weight excluding hydrogens is 344 g/mol. The molecule has 4 rings (SSSR count). The van der Waals surface area contributed by atoms with Gasteiger partial charge in [-0.2, -0.15) is 5.10 Å². The number of aromatic nitrogens is 5. The average Bonchev–Trinajstić information content (AvgIpc) is 3.40. The van der Waals surface area contributed by atoms with Gasteiger partial charge in [0.25, 0.3) is 5.91 Å². The van der Waals surface area contributed by atoms with Gasteiger partial charge >= 0.3 is 0 Å². The van der Waals surface area contributed by atoms with Crippen molar-refractivity contribution in [2.45, 2.75) is 13.1 Å². The molecule has 0 aliphatic rings. The second-order valence-corrected chi connectivity index (χ2v) is 5.86. The van der Waals surface area contributed by atoms with Crippen molar-refractivity contribution in [2.24, 2.45) is 0 Å². The summed E-state index contributed by atoms with van der Waals surface area (Å²) in [6, 6.07) is 13.1. The zero-order valence-corrected chi connectivity index (χ0v) is 14.3. The summed E-state index contributed by atoms with van der Waals surface area (Å²) in [7, 11) is 0. The molecule has 0 saturated heterocycles. The molecule has 0 radical (unpaired) electrons. The molecule has 8 heteroatoms. The first-order chi connectivity index (χ1) is 13.3. The highest BCUT2D eigenvalue weighted by Crippen LogP contribution is 2.19. The van der Waals surface area contributed by atoms with Crippen LogP contribution in [0.5, 0.6) is 0 Å². The van der Waals surface area contributed by atoms with Crippen LogP contribution in [0.1, 0.15) is 21.6 Å². The minimum atomic E-state index is -0.301. The lowest BCUT2D eigenvalue weighted by atomic mass is 10.1. The lowest BCUT2D eigenvalue weighted by Crippen LogP contribution is -2.24. The van der Waals surface area contributed by atoms with Gasteiger partial charge in [0.05, 0.1) is 6.54 Å². The number of nitrogens with zero attached hydrogens (tertiary/aromatic N) is 5. The van der Waals surface area contributed by atoms with Gasteiger partial charge in [-0.3, -0.25) is 9.78 Å². The molecule has 4 aromatic rings. The van der Waals surface area contributed by atoms with Crippen LogP contribution in [-0.4, -0.2) is 30.8 Å². The number of amides is 1. The van der Waals surface area contributed by atoms with Crippen molar-refractivity contribution in [3.05, 3.63) is 84.3 Å². The topological polar surface area (TPSA) is 98.7 Å². The van der Waals surface area contributed by atoms with Crippen LogP contribution in [0.25, 0.3) is 11.3 Å². The van der Waals surface area contributed by atoms with E-state index in [0.717, 1.165) is 16.7 Å². The maximum Gasteiger partial charge on any atom is 0.273 e. The van der Waals surface area contributed by atoms with E-state index in [0.29, 0.717) is 18.8 Å². The monoisotopic (exact) mass is 360 g/mol. The van der Waals surface area contributed by atoms with Gasteiger partial charge < -0.3 is 9.84 Å². The zero-order valence-electron chi connectivity index (χ0n) is 14.3. The van der Waals surface area contributed by atoms with E-state index in [2.05, 4.69) is 25.5 Å². The minimum absolute atomic E-state index is 0.225. The zero-order chi connectivity index (χ0) is 18.5. The highest BCUT2D eigenvalue weighted by atomic mass is 16.5. The Morgan fingerprint density at radius 2 is 2.00 bits per heavy atom. The lowest BCUT2D eigenvalue weighted by molar-refractivity contribution is 0.0942. The van der Waals surface area contributed by atoms with Crippen molar-refractivity contribution < 1.29 is 9.32 Å². The molecule has 1 N–H and O–H groups in total. The molecule has 0 aliphatic carbocycles. The van der Waals surface area contributed by atoms with Crippen LogP contribution in [-0.2, 0) is 13.1 Å². The molecule has 1 aromatic carbocycles. The fourth-order valence-electron chi connectivity index (χ4n) is 2.67. The highest BCUT2D eigenvalue weighted by Gasteiger charge is 2.14. The molecule has 0 atom stereocenters. The Balaban J connectivity index is 1.44. The SMILES string of the molecule is O=C(NCc1ccccc1Cn1cncn1)c1cc(-c2cccnc2)on1. The van der Waals surface area contributed by atoms with Gasteiger partial charge in [0.15, 0.2) is 11.5 Å². The van der Waals surface area contributed by atoms with Crippen molar-refractivity contribution >= 4 is 5.91 Å². The van der Waals surface area contributed by atoms with Crippen LogP contribution in [0, 0.1) is 0 Å². The number of pyridine rings is 1. The number of rotatable bonds is 6. The van der Waals surface area contributed by atoms with E-state index in [9.17, 15) is 4.79 Å². The third-order valence-corrected chi connectivity index (χ3v) is 4.05. The molecule has 0 saturated carbocycles. The Labute approximate surface area is 154 Å². The Morgan fingerprint density at radius 3 is 2.78 bits per heavy atom. The first kappa shape index (κ1) is 16.6. The highest BCUT2D eigenvalue weighted by molar-refractivity contribution is 5.93. The van der Waals surface area contributed by atoms with Crippen LogP contribution in [0.4, 0.5) is 0 Å². The first-order valence-corrected chi connectivity index (χ1v) is 8.34. The normalized spacial score (nSPS) is 10.7. The molecule has 3 heterocycles. The van der Waals surface area contributed by atoms with Crippen molar-refractivity contribution in [3.8, 4) is 11.3 Å². The Morgan fingerprint density at radius 1 is 1.11 bits per heavy atom. The molecular formula is C19H16N6O2. The van der Waals surface area contributed by atoms with Gasteiger partial charge in [0.1, 0.15) is 12.7 Å². The van der Waals surface area contributed by atoms with E-state index in [1.807, 2.05) is 30.3 Å². The summed E-state index contributed by atoms with van der Waals surface area (Å²) in [5.74, 6) is 0.198. The van der Waals surface area contributed by atoms with Crippen molar-refractivity contribution in [1.82, 2.24) is 30.2 Å². The molecule has 0 unspecified atom stereocenters. The van der Waals surface area contributed by atoms with Crippen LogP contribution in [0.15, 0.2) is 72.0 Å². The van der Waals surface area contributed by atoms with Gasteiger partial charge in [-0.05, 0) is 23.3 Å². The number of nitrogens with one attached hydrogen (secondary N) is 1. The van der Waals surface area contributed by atoms with E-state index < -0.39 is 0 Å². The molecule has 0 aliphatic heterocycles. The quantitative estimate of drug-likeness (QED) is 0.566. The van der Waals surface area contributed by atoms with Gasteiger partial charge in [-0.1, -0.05) is 29.4 Å². The fraction of sp³-hybridized carbons (Fsp3) is 0.105. The number of carbonyl (C=O) groups excluding carboxylic acids is 1. The van der Waals surface area contributed by atoms with Crippen molar-refractivity contribution in [3.63, 3.8) is 0 Å². The third-order valence-electron chi connectivity index (χ3n) is 4.05. The smallest absolute Gasteiger partial charge is 0.273 e. The molecule has 1 amide bonds. The van der Waals surface area contributed by atoms with Crippen LogP contribution in [0.2, 0.25) is 0 Å².